The van der Waals surface area contributed by atoms with Crippen LogP contribution in [0, 0.1) is 5.82 Å². The number of carbonyl (C=O) groups excluding carboxylic acids is 1. The quantitative estimate of drug-likeness (QED) is 0.561. The first-order valence-electron chi connectivity index (χ1n) is 10.6. The van der Waals surface area contributed by atoms with Gasteiger partial charge in [0, 0.05) is 48.4 Å². The lowest BCUT2D eigenvalue weighted by atomic mass is 10.0. The van der Waals surface area contributed by atoms with Crippen LogP contribution in [0.1, 0.15) is 24.2 Å². The maximum atomic E-state index is 14.1. The average molecular weight is 473 g/mol. The maximum absolute atomic E-state index is 14.1. The molecule has 3 aromatic rings. The van der Waals surface area contributed by atoms with Crippen LogP contribution in [0.2, 0.25) is 5.02 Å². The molecule has 2 heterocycles. The zero-order valence-corrected chi connectivity index (χ0v) is 19.7. The number of nitrogens with zero attached hydrogens (tertiary/aromatic N) is 3. The molecule has 1 aromatic heterocycles. The maximum Gasteiger partial charge on any atom is 0.226 e. The normalized spacial score (nSPS) is 15.6. The minimum absolute atomic E-state index is 0.151. The summed E-state index contributed by atoms with van der Waals surface area (Å²) in [6.45, 7) is 5.55. The summed E-state index contributed by atoms with van der Waals surface area (Å²) >= 11 is 7.72. The summed E-state index contributed by atoms with van der Waals surface area (Å²) in [6.07, 6.45) is 0.157. The number of likely N-dealkylation sites (N-methyl/N-ethyl adjacent to an activating group) is 1. The number of piperazine rings is 1. The van der Waals surface area contributed by atoms with E-state index in [1.165, 1.54) is 23.5 Å². The smallest absolute Gasteiger partial charge is 0.226 e. The molecule has 168 valence electrons. The van der Waals surface area contributed by atoms with Gasteiger partial charge in [0.1, 0.15) is 10.8 Å². The summed E-state index contributed by atoms with van der Waals surface area (Å²) in [6, 6.07) is 12.0. The summed E-state index contributed by atoms with van der Waals surface area (Å²) in [5.74, 6) is -0.454. The lowest BCUT2D eigenvalue weighted by Gasteiger charge is -2.36. The van der Waals surface area contributed by atoms with Crippen molar-refractivity contribution in [1.82, 2.24) is 15.2 Å². The van der Waals surface area contributed by atoms with E-state index in [9.17, 15) is 9.18 Å². The fraction of sp³-hybridized carbons (Fsp3) is 0.333. The molecule has 0 saturated carbocycles. The standard InChI is InChI=1S/C24H26ClFN4OS/c1-16(20-13-17(26)7-8-22(20)30-11-9-29(2)10-12-30)27-23(31)14-18-15-32-24(28-18)19-5-3-4-6-21(19)25/h3-8,13,15-16H,9-12,14H2,1-2H3,(H,27,31). The van der Waals surface area contributed by atoms with Crippen LogP contribution >= 0.6 is 22.9 Å². The fourth-order valence-corrected chi connectivity index (χ4v) is 5.03. The van der Waals surface area contributed by atoms with Crippen LogP contribution in [0.3, 0.4) is 0 Å². The topological polar surface area (TPSA) is 48.5 Å². The Morgan fingerprint density at radius 3 is 2.72 bits per heavy atom. The van der Waals surface area contributed by atoms with E-state index >= 15 is 0 Å². The van der Waals surface area contributed by atoms with E-state index in [0.29, 0.717) is 10.7 Å². The molecule has 1 saturated heterocycles. The molecular formula is C24H26ClFN4OS. The van der Waals surface area contributed by atoms with Gasteiger partial charge < -0.3 is 15.1 Å². The predicted octanol–water partition coefficient (Wildman–Crippen LogP) is 4.77. The van der Waals surface area contributed by atoms with Crippen LogP contribution in [0.4, 0.5) is 10.1 Å². The van der Waals surface area contributed by atoms with Crippen molar-refractivity contribution in [3.63, 3.8) is 0 Å². The van der Waals surface area contributed by atoms with Crippen LogP contribution in [0.25, 0.3) is 10.6 Å². The molecule has 1 atom stereocenters. The Balaban J connectivity index is 1.44. The number of aromatic nitrogens is 1. The van der Waals surface area contributed by atoms with Crippen molar-refractivity contribution in [1.29, 1.82) is 0 Å². The van der Waals surface area contributed by atoms with Gasteiger partial charge in [0.15, 0.2) is 0 Å². The molecule has 1 fully saturated rings. The minimum atomic E-state index is -0.325. The van der Waals surface area contributed by atoms with Crippen molar-refractivity contribution < 1.29 is 9.18 Å². The first-order valence-corrected chi connectivity index (χ1v) is 11.9. The molecule has 0 aliphatic carbocycles. The van der Waals surface area contributed by atoms with Crippen molar-refractivity contribution in [2.24, 2.45) is 0 Å². The molecule has 0 radical (unpaired) electrons. The molecular weight excluding hydrogens is 447 g/mol. The second-order valence-electron chi connectivity index (χ2n) is 8.08. The molecule has 5 nitrogen and oxygen atoms in total. The Labute approximate surface area is 196 Å². The molecule has 1 N–H and O–H groups in total. The van der Waals surface area contributed by atoms with Crippen LogP contribution in [-0.2, 0) is 11.2 Å². The lowest BCUT2D eigenvalue weighted by molar-refractivity contribution is -0.121. The number of halogens is 2. The Kier molecular flexibility index (Phi) is 7.08. The molecule has 1 amide bonds. The number of benzene rings is 2. The van der Waals surface area contributed by atoms with Crippen molar-refractivity contribution in [2.75, 3.05) is 38.1 Å². The summed E-state index contributed by atoms with van der Waals surface area (Å²) in [5, 5.41) is 6.31. The van der Waals surface area contributed by atoms with Gasteiger partial charge >= 0.3 is 0 Å². The highest BCUT2D eigenvalue weighted by Crippen LogP contribution is 2.31. The van der Waals surface area contributed by atoms with Gasteiger partial charge in [-0.2, -0.15) is 0 Å². The van der Waals surface area contributed by atoms with Crippen LogP contribution in [0.15, 0.2) is 47.8 Å². The highest BCUT2D eigenvalue weighted by Gasteiger charge is 2.21. The van der Waals surface area contributed by atoms with E-state index in [-0.39, 0.29) is 24.2 Å². The molecule has 32 heavy (non-hydrogen) atoms. The summed E-state index contributed by atoms with van der Waals surface area (Å²) in [4.78, 5) is 21.8. The Bertz CT molecular complexity index is 1100. The average Bonchev–Trinajstić information content (AvgIpc) is 3.22. The second-order valence-corrected chi connectivity index (χ2v) is 9.35. The first kappa shape index (κ1) is 22.7. The fourth-order valence-electron chi connectivity index (χ4n) is 3.89. The first-order chi connectivity index (χ1) is 15.4. The zero-order chi connectivity index (χ0) is 22.7. The number of amides is 1. The van der Waals surface area contributed by atoms with Crippen molar-refractivity contribution in [3.8, 4) is 10.6 Å². The number of rotatable bonds is 6. The highest BCUT2D eigenvalue weighted by atomic mass is 35.5. The molecule has 1 aliphatic heterocycles. The molecule has 0 bridgehead atoms. The highest BCUT2D eigenvalue weighted by molar-refractivity contribution is 7.13. The molecule has 2 aromatic carbocycles. The summed E-state index contributed by atoms with van der Waals surface area (Å²) < 4.78 is 14.1. The SMILES string of the molecule is CC(NC(=O)Cc1csc(-c2ccccc2Cl)n1)c1cc(F)ccc1N1CCN(C)CC1. The van der Waals surface area contributed by atoms with Gasteiger partial charge in [0.05, 0.1) is 23.2 Å². The summed E-state index contributed by atoms with van der Waals surface area (Å²) in [5.41, 5.74) is 3.31. The van der Waals surface area contributed by atoms with Gasteiger partial charge in [-0.05, 0) is 38.2 Å². The van der Waals surface area contributed by atoms with Gasteiger partial charge in [-0.25, -0.2) is 9.37 Å². The molecule has 1 aliphatic rings. The predicted molar refractivity (Wildman–Crippen MR) is 129 cm³/mol. The minimum Gasteiger partial charge on any atom is -0.369 e. The van der Waals surface area contributed by atoms with E-state index in [1.807, 2.05) is 42.6 Å². The van der Waals surface area contributed by atoms with E-state index in [0.717, 1.165) is 48.0 Å². The number of nitrogens with one attached hydrogen (secondary N) is 1. The van der Waals surface area contributed by atoms with Crippen LogP contribution in [0.5, 0.6) is 0 Å². The number of hydrogen-bond acceptors (Lipinski definition) is 5. The Hall–Kier alpha value is -2.48. The van der Waals surface area contributed by atoms with Crippen molar-refractivity contribution in [3.05, 3.63) is 69.9 Å². The Morgan fingerprint density at radius 1 is 1.22 bits per heavy atom. The third-order valence-electron chi connectivity index (χ3n) is 5.68. The summed E-state index contributed by atoms with van der Waals surface area (Å²) in [7, 11) is 2.10. The van der Waals surface area contributed by atoms with E-state index in [1.54, 1.807) is 0 Å². The van der Waals surface area contributed by atoms with Gasteiger partial charge in [-0.3, -0.25) is 4.79 Å². The van der Waals surface area contributed by atoms with Gasteiger partial charge in [0.25, 0.3) is 0 Å². The molecule has 8 heteroatoms. The van der Waals surface area contributed by atoms with E-state index in [4.69, 9.17) is 11.6 Å². The monoisotopic (exact) mass is 472 g/mol. The van der Waals surface area contributed by atoms with E-state index in [2.05, 4.69) is 27.1 Å². The number of hydrogen-bond donors (Lipinski definition) is 1. The number of anilines is 1. The van der Waals surface area contributed by atoms with Crippen molar-refractivity contribution in [2.45, 2.75) is 19.4 Å². The molecule has 4 rings (SSSR count). The van der Waals surface area contributed by atoms with Crippen LogP contribution in [-0.4, -0.2) is 49.0 Å². The van der Waals surface area contributed by atoms with Crippen molar-refractivity contribution >= 4 is 34.5 Å². The van der Waals surface area contributed by atoms with Crippen LogP contribution < -0.4 is 10.2 Å². The molecule has 1 unspecified atom stereocenters. The van der Waals surface area contributed by atoms with Gasteiger partial charge in [-0.1, -0.05) is 29.8 Å². The molecule has 0 spiro atoms. The largest absolute Gasteiger partial charge is 0.369 e. The Morgan fingerprint density at radius 2 is 1.97 bits per heavy atom. The number of carbonyl (C=O) groups is 1. The van der Waals surface area contributed by atoms with Gasteiger partial charge in [0.2, 0.25) is 5.91 Å². The zero-order valence-electron chi connectivity index (χ0n) is 18.1. The van der Waals surface area contributed by atoms with Gasteiger partial charge in [-0.15, -0.1) is 11.3 Å². The lowest BCUT2D eigenvalue weighted by Crippen LogP contribution is -2.45. The third kappa shape index (κ3) is 5.28. The number of thiazole rings is 1. The van der Waals surface area contributed by atoms with E-state index < -0.39 is 0 Å². The third-order valence-corrected chi connectivity index (χ3v) is 6.93. The second kappa shape index (κ2) is 9.98.